The van der Waals surface area contributed by atoms with Gasteiger partial charge >= 0.3 is 0 Å². The van der Waals surface area contributed by atoms with Crippen molar-refractivity contribution in [1.29, 1.82) is 0 Å². The third-order valence-electron chi connectivity index (χ3n) is 5.70. The number of aryl methyl sites for hydroxylation is 1. The summed E-state index contributed by atoms with van der Waals surface area (Å²) in [5, 5.41) is 8.66. The fraction of sp³-hybridized carbons (Fsp3) is 0.429. The molecule has 2 aromatic heterocycles. The second-order valence-electron chi connectivity index (χ2n) is 7.46. The van der Waals surface area contributed by atoms with E-state index in [-0.39, 0.29) is 17.9 Å². The predicted molar refractivity (Wildman–Crippen MR) is 105 cm³/mol. The molecule has 1 saturated heterocycles. The van der Waals surface area contributed by atoms with Gasteiger partial charge < -0.3 is 9.26 Å². The zero-order valence-corrected chi connectivity index (χ0v) is 16.3. The number of nitrogens with zero attached hydrogens (tertiary/aromatic N) is 5. The number of hydrogen-bond acceptors (Lipinski definition) is 6. The molecule has 3 aromatic rings. The fourth-order valence-corrected chi connectivity index (χ4v) is 4.11. The van der Waals surface area contributed by atoms with Gasteiger partial charge in [0.15, 0.2) is 11.5 Å². The molecule has 0 N–H and O–H groups in total. The van der Waals surface area contributed by atoms with E-state index in [1.54, 1.807) is 15.6 Å². The molecule has 29 heavy (non-hydrogen) atoms. The molecule has 4 heterocycles. The molecule has 0 bridgehead atoms. The average Bonchev–Trinajstić information content (AvgIpc) is 3.51. The highest BCUT2D eigenvalue weighted by Gasteiger charge is 2.39. The van der Waals surface area contributed by atoms with Crippen molar-refractivity contribution < 1.29 is 14.1 Å². The van der Waals surface area contributed by atoms with E-state index in [0.717, 1.165) is 24.1 Å². The summed E-state index contributed by atoms with van der Waals surface area (Å²) >= 11 is 0. The minimum Gasteiger partial charge on any atom is -0.381 e. The van der Waals surface area contributed by atoms with Gasteiger partial charge in [-0.05, 0) is 37.5 Å². The summed E-state index contributed by atoms with van der Waals surface area (Å²) in [6.07, 6.45) is 4.23. The van der Waals surface area contributed by atoms with E-state index in [2.05, 4.69) is 10.3 Å². The maximum absolute atomic E-state index is 13.4. The van der Waals surface area contributed by atoms with Crippen molar-refractivity contribution in [3.8, 4) is 0 Å². The first-order chi connectivity index (χ1) is 14.2. The minimum atomic E-state index is -0.302. The number of fused-ring (bicyclic) bond motifs is 1. The summed E-state index contributed by atoms with van der Waals surface area (Å²) in [5.41, 5.74) is 2.39. The van der Waals surface area contributed by atoms with Crippen LogP contribution in [0.3, 0.4) is 0 Å². The number of anilines is 1. The van der Waals surface area contributed by atoms with Crippen LogP contribution in [0.2, 0.25) is 0 Å². The molecule has 1 unspecified atom stereocenters. The SMILES string of the molecule is CCn1ccc(C(=O)N2c3ccccc3CC2c2noc(C3CCOCC3)n2)n1. The zero-order chi connectivity index (χ0) is 19.8. The summed E-state index contributed by atoms with van der Waals surface area (Å²) in [6, 6.07) is 9.38. The van der Waals surface area contributed by atoms with Gasteiger partial charge in [0.05, 0.1) is 0 Å². The normalized spacial score (nSPS) is 19.5. The summed E-state index contributed by atoms with van der Waals surface area (Å²) < 4.78 is 12.8. The van der Waals surface area contributed by atoms with Crippen LogP contribution in [0, 0.1) is 0 Å². The zero-order valence-electron chi connectivity index (χ0n) is 16.3. The van der Waals surface area contributed by atoms with Crippen LogP contribution in [0.15, 0.2) is 41.1 Å². The van der Waals surface area contributed by atoms with Crippen molar-refractivity contribution in [2.75, 3.05) is 18.1 Å². The van der Waals surface area contributed by atoms with Crippen molar-refractivity contribution in [3.63, 3.8) is 0 Å². The molecule has 0 spiro atoms. The monoisotopic (exact) mass is 393 g/mol. The van der Waals surface area contributed by atoms with Crippen LogP contribution >= 0.6 is 0 Å². The van der Waals surface area contributed by atoms with Gasteiger partial charge in [0.1, 0.15) is 6.04 Å². The van der Waals surface area contributed by atoms with Crippen molar-refractivity contribution in [3.05, 3.63) is 59.5 Å². The lowest BCUT2D eigenvalue weighted by molar-refractivity contribution is 0.0778. The molecule has 0 radical (unpaired) electrons. The van der Waals surface area contributed by atoms with Gasteiger partial charge in [-0.25, -0.2) is 0 Å². The molecule has 1 amide bonds. The number of para-hydroxylation sites is 1. The maximum atomic E-state index is 13.4. The lowest BCUT2D eigenvalue weighted by atomic mass is 10.0. The molecule has 8 heteroatoms. The third kappa shape index (κ3) is 3.23. The number of rotatable bonds is 4. The first-order valence-corrected chi connectivity index (χ1v) is 10.1. The van der Waals surface area contributed by atoms with Gasteiger partial charge in [0.2, 0.25) is 5.89 Å². The Morgan fingerprint density at radius 3 is 2.83 bits per heavy atom. The van der Waals surface area contributed by atoms with E-state index in [9.17, 15) is 4.79 Å². The first-order valence-electron chi connectivity index (χ1n) is 10.1. The quantitative estimate of drug-likeness (QED) is 0.677. The van der Waals surface area contributed by atoms with E-state index in [1.165, 1.54) is 0 Å². The van der Waals surface area contributed by atoms with E-state index in [4.69, 9.17) is 14.2 Å². The Morgan fingerprint density at radius 2 is 2.03 bits per heavy atom. The molecular formula is C21H23N5O3. The average molecular weight is 393 g/mol. The molecular weight excluding hydrogens is 370 g/mol. The van der Waals surface area contributed by atoms with Crippen LogP contribution in [0.5, 0.6) is 0 Å². The van der Waals surface area contributed by atoms with Crippen LogP contribution < -0.4 is 4.90 Å². The number of ether oxygens (including phenoxy) is 1. The standard InChI is InChI=1S/C21H23N5O3/c1-2-25-10-7-16(23-25)21(27)26-17-6-4-3-5-15(17)13-18(26)19-22-20(29-24-19)14-8-11-28-12-9-14/h3-7,10,14,18H,2,8-9,11-13H2,1H3. The van der Waals surface area contributed by atoms with Crippen LogP contribution in [0.25, 0.3) is 0 Å². The smallest absolute Gasteiger partial charge is 0.279 e. The fourth-order valence-electron chi connectivity index (χ4n) is 4.11. The summed E-state index contributed by atoms with van der Waals surface area (Å²) in [6.45, 7) is 4.13. The lowest BCUT2D eigenvalue weighted by Gasteiger charge is -2.22. The number of carbonyl (C=O) groups excluding carboxylic acids is 1. The van der Waals surface area contributed by atoms with E-state index in [0.29, 0.717) is 43.6 Å². The number of hydrogen-bond donors (Lipinski definition) is 0. The Kier molecular flexibility index (Phi) is 4.63. The molecule has 2 aliphatic rings. The number of amides is 1. The Hall–Kier alpha value is -3.00. The molecule has 150 valence electrons. The molecule has 0 aliphatic carbocycles. The molecule has 8 nitrogen and oxygen atoms in total. The van der Waals surface area contributed by atoms with Gasteiger partial charge in [0, 0.05) is 44.0 Å². The van der Waals surface area contributed by atoms with E-state index in [1.807, 2.05) is 37.4 Å². The summed E-state index contributed by atoms with van der Waals surface area (Å²) in [4.78, 5) is 19.8. The maximum Gasteiger partial charge on any atom is 0.279 e. The molecule has 0 saturated carbocycles. The van der Waals surface area contributed by atoms with Crippen LogP contribution in [0.4, 0.5) is 5.69 Å². The van der Waals surface area contributed by atoms with Gasteiger partial charge in [-0.15, -0.1) is 0 Å². The highest BCUT2D eigenvalue weighted by Crippen LogP contribution is 2.40. The van der Waals surface area contributed by atoms with Crippen LogP contribution in [-0.4, -0.2) is 39.0 Å². The molecule has 1 fully saturated rings. The predicted octanol–water partition coefficient (Wildman–Crippen LogP) is 3.12. The number of aromatic nitrogens is 4. The Bertz CT molecular complexity index is 1020. The summed E-state index contributed by atoms with van der Waals surface area (Å²) in [7, 11) is 0. The Morgan fingerprint density at radius 1 is 1.21 bits per heavy atom. The second kappa shape index (κ2) is 7.44. The van der Waals surface area contributed by atoms with Crippen molar-refractivity contribution in [2.45, 2.75) is 44.7 Å². The topological polar surface area (TPSA) is 86.3 Å². The van der Waals surface area contributed by atoms with Gasteiger partial charge in [-0.2, -0.15) is 10.1 Å². The van der Waals surface area contributed by atoms with Crippen molar-refractivity contribution >= 4 is 11.6 Å². The lowest BCUT2D eigenvalue weighted by Crippen LogP contribution is -2.33. The highest BCUT2D eigenvalue weighted by atomic mass is 16.5. The second-order valence-corrected chi connectivity index (χ2v) is 7.46. The van der Waals surface area contributed by atoms with Crippen LogP contribution in [0.1, 0.15) is 59.5 Å². The number of benzene rings is 1. The molecule has 5 rings (SSSR count). The van der Waals surface area contributed by atoms with Crippen molar-refractivity contribution in [2.24, 2.45) is 0 Å². The van der Waals surface area contributed by atoms with Gasteiger partial charge in [0.25, 0.3) is 5.91 Å². The Labute approximate surface area is 168 Å². The minimum absolute atomic E-state index is 0.149. The first kappa shape index (κ1) is 18.1. The third-order valence-corrected chi connectivity index (χ3v) is 5.70. The molecule has 1 atom stereocenters. The Balaban J connectivity index is 1.48. The highest BCUT2D eigenvalue weighted by molar-refractivity contribution is 6.06. The van der Waals surface area contributed by atoms with Gasteiger partial charge in [-0.1, -0.05) is 23.4 Å². The molecule has 2 aliphatic heterocycles. The van der Waals surface area contributed by atoms with E-state index >= 15 is 0 Å². The number of carbonyl (C=O) groups is 1. The molecule has 1 aromatic carbocycles. The van der Waals surface area contributed by atoms with Crippen molar-refractivity contribution in [1.82, 2.24) is 19.9 Å². The van der Waals surface area contributed by atoms with Crippen LogP contribution in [-0.2, 0) is 17.7 Å². The van der Waals surface area contributed by atoms with Gasteiger partial charge in [-0.3, -0.25) is 14.4 Å². The summed E-state index contributed by atoms with van der Waals surface area (Å²) in [5.74, 6) is 1.26. The van der Waals surface area contributed by atoms with E-state index < -0.39 is 0 Å². The largest absolute Gasteiger partial charge is 0.381 e.